The van der Waals surface area contributed by atoms with E-state index < -0.39 is 6.10 Å². The van der Waals surface area contributed by atoms with Crippen LogP contribution >= 0.6 is 11.6 Å². The zero-order valence-corrected chi connectivity index (χ0v) is 11.8. The van der Waals surface area contributed by atoms with Gasteiger partial charge >= 0.3 is 0 Å². The van der Waals surface area contributed by atoms with Crippen LogP contribution in [-0.4, -0.2) is 24.4 Å². The molecule has 0 heterocycles. The zero-order valence-electron chi connectivity index (χ0n) is 11.1. The third-order valence-corrected chi connectivity index (χ3v) is 3.74. The van der Waals surface area contributed by atoms with Gasteiger partial charge in [-0.2, -0.15) is 0 Å². The first kappa shape index (κ1) is 14.4. The highest BCUT2D eigenvalue weighted by molar-refractivity contribution is 6.32. The highest BCUT2D eigenvalue weighted by Gasteiger charge is 2.26. The Labute approximate surface area is 118 Å². The number of aliphatic hydroxyl groups is 1. The van der Waals surface area contributed by atoms with Gasteiger partial charge in [0.05, 0.1) is 18.2 Å². The maximum absolute atomic E-state index is 9.96. The third-order valence-electron chi connectivity index (χ3n) is 3.46. The number of benzene rings is 1. The summed E-state index contributed by atoms with van der Waals surface area (Å²) >= 11 is 6.22. The van der Waals surface area contributed by atoms with Gasteiger partial charge in [-0.05, 0) is 37.0 Å². The fourth-order valence-electron chi connectivity index (χ4n) is 2.37. The number of nitrogens with two attached hydrogens (primary N) is 1. The van der Waals surface area contributed by atoms with Crippen LogP contribution in [0.5, 0.6) is 11.5 Å². The van der Waals surface area contributed by atoms with E-state index >= 15 is 0 Å². The summed E-state index contributed by atoms with van der Waals surface area (Å²) in [4.78, 5) is 0. The van der Waals surface area contributed by atoms with E-state index in [0.717, 1.165) is 31.2 Å². The number of hydrogen-bond acceptors (Lipinski definition) is 4. The number of ether oxygens (including phenoxy) is 2. The molecule has 4 nitrogen and oxygen atoms in total. The topological polar surface area (TPSA) is 64.7 Å². The molecule has 1 fully saturated rings. The van der Waals surface area contributed by atoms with E-state index in [9.17, 15) is 5.11 Å². The second-order valence-corrected chi connectivity index (χ2v) is 5.23. The van der Waals surface area contributed by atoms with E-state index in [1.165, 1.54) is 0 Å². The lowest BCUT2D eigenvalue weighted by molar-refractivity contribution is 0.00573. The van der Waals surface area contributed by atoms with Crippen LogP contribution in [0.4, 0.5) is 0 Å². The first-order valence-electron chi connectivity index (χ1n) is 6.57. The number of halogens is 1. The first-order chi connectivity index (χ1) is 9.15. The van der Waals surface area contributed by atoms with Gasteiger partial charge in [0.2, 0.25) is 0 Å². The van der Waals surface area contributed by atoms with Gasteiger partial charge in [0.1, 0.15) is 6.10 Å². The van der Waals surface area contributed by atoms with Crippen LogP contribution in [0.2, 0.25) is 5.02 Å². The molecule has 1 aliphatic carbocycles. The predicted octanol–water partition coefficient (Wildman–Crippen LogP) is 2.49. The molecule has 1 aliphatic rings. The summed E-state index contributed by atoms with van der Waals surface area (Å²) in [6, 6.07) is 3.59. The Hall–Kier alpha value is -0.970. The Balaban J connectivity index is 2.23. The van der Waals surface area contributed by atoms with Gasteiger partial charge in [0.15, 0.2) is 11.5 Å². The Kier molecular flexibility index (Phi) is 4.91. The molecule has 0 amide bonds. The van der Waals surface area contributed by atoms with Crippen molar-refractivity contribution in [3.63, 3.8) is 0 Å². The molecule has 1 aromatic carbocycles. The zero-order chi connectivity index (χ0) is 13.8. The van der Waals surface area contributed by atoms with E-state index in [1.54, 1.807) is 13.2 Å². The summed E-state index contributed by atoms with van der Waals surface area (Å²) in [5.41, 5.74) is 6.49. The summed E-state index contributed by atoms with van der Waals surface area (Å²) in [5.74, 6) is 1.05. The molecule has 0 aromatic heterocycles. The number of rotatable bonds is 4. The SMILES string of the molecule is COc1cc(CN)cc(Cl)c1OC1CCCCC1O. The fraction of sp³-hybridized carbons (Fsp3) is 0.571. The maximum atomic E-state index is 9.96. The van der Waals surface area contributed by atoms with Crippen LogP contribution in [0.3, 0.4) is 0 Å². The largest absolute Gasteiger partial charge is 0.493 e. The second-order valence-electron chi connectivity index (χ2n) is 4.82. The van der Waals surface area contributed by atoms with Crippen molar-refractivity contribution in [1.82, 2.24) is 0 Å². The van der Waals surface area contributed by atoms with Crippen molar-refractivity contribution < 1.29 is 14.6 Å². The molecular weight excluding hydrogens is 266 g/mol. The Morgan fingerprint density at radius 3 is 2.74 bits per heavy atom. The minimum Gasteiger partial charge on any atom is -0.493 e. The van der Waals surface area contributed by atoms with Crippen LogP contribution in [0.15, 0.2) is 12.1 Å². The van der Waals surface area contributed by atoms with E-state index in [1.807, 2.05) is 6.07 Å². The molecule has 1 saturated carbocycles. The molecule has 106 valence electrons. The van der Waals surface area contributed by atoms with Gasteiger partial charge in [-0.15, -0.1) is 0 Å². The molecule has 1 aromatic rings. The molecule has 2 atom stereocenters. The molecule has 0 spiro atoms. The molecule has 5 heteroatoms. The summed E-state index contributed by atoms with van der Waals surface area (Å²) < 4.78 is 11.2. The van der Waals surface area contributed by atoms with Gasteiger partial charge < -0.3 is 20.3 Å². The molecule has 19 heavy (non-hydrogen) atoms. The average Bonchev–Trinajstić information content (AvgIpc) is 2.42. The van der Waals surface area contributed by atoms with E-state index in [0.29, 0.717) is 23.1 Å². The molecule has 3 N–H and O–H groups in total. The summed E-state index contributed by atoms with van der Waals surface area (Å²) in [6.45, 7) is 0.391. The van der Waals surface area contributed by atoms with Crippen molar-refractivity contribution in [3.8, 4) is 11.5 Å². The predicted molar refractivity (Wildman–Crippen MR) is 74.8 cm³/mol. The monoisotopic (exact) mass is 285 g/mol. The van der Waals surface area contributed by atoms with Crippen LogP contribution in [0, 0.1) is 0 Å². The Morgan fingerprint density at radius 1 is 1.37 bits per heavy atom. The summed E-state index contributed by atoms with van der Waals surface area (Å²) in [5, 5.41) is 10.4. The fourth-order valence-corrected chi connectivity index (χ4v) is 2.65. The number of hydrogen-bond donors (Lipinski definition) is 2. The lowest BCUT2D eigenvalue weighted by atomic mass is 9.95. The van der Waals surface area contributed by atoms with E-state index in [-0.39, 0.29) is 6.10 Å². The minimum absolute atomic E-state index is 0.219. The van der Waals surface area contributed by atoms with Crippen molar-refractivity contribution in [1.29, 1.82) is 0 Å². The Morgan fingerprint density at radius 2 is 2.11 bits per heavy atom. The smallest absolute Gasteiger partial charge is 0.180 e. The third kappa shape index (κ3) is 3.32. The van der Waals surface area contributed by atoms with Crippen LogP contribution in [0.1, 0.15) is 31.2 Å². The van der Waals surface area contributed by atoms with Crippen LogP contribution in [0.25, 0.3) is 0 Å². The van der Waals surface area contributed by atoms with Gasteiger partial charge in [0, 0.05) is 6.54 Å². The molecule has 2 unspecified atom stereocenters. The normalized spacial score (nSPS) is 23.2. The highest BCUT2D eigenvalue weighted by Crippen LogP contribution is 2.38. The van der Waals surface area contributed by atoms with Crippen molar-refractivity contribution in [3.05, 3.63) is 22.7 Å². The Bertz CT molecular complexity index is 439. The molecule has 2 rings (SSSR count). The summed E-state index contributed by atoms with van der Waals surface area (Å²) in [7, 11) is 1.57. The molecule has 0 radical (unpaired) electrons. The molecular formula is C14H20ClNO3. The second kappa shape index (κ2) is 6.46. The van der Waals surface area contributed by atoms with Crippen molar-refractivity contribution >= 4 is 11.6 Å². The lowest BCUT2D eigenvalue weighted by Gasteiger charge is -2.29. The van der Waals surface area contributed by atoms with Crippen LogP contribution in [-0.2, 0) is 6.54 Å². The maximum Gasteiger partial charge on any atom is 0.180 e. The van der Waals surface area contributed by atoms with Crippen molar-refractivity contribution in [2.75, 3.05) is 7.11 Å². The van der Waals surface area contributed by atoms with Gasteiger partial charge in [0.25, 0.3) is 0 Å². The molecule has 0 aliphatic heterocycles. The van der Waals surface area contributed by atoms with Crippen LogP contribution < -0.4 is 15.2 Å². The van der Waals surface area contributed by atoms with E-state index in [4.69, 9.17) is 26.8 Å². The summed E-state index contributed by atoms with van der Waals surface area (Å²) in [6.07, 6.45) is 3.04. The molecule has 0 saturated heterocycles. The molecule has 0 bridgehead atoms. The average molecular weight is 286 g/mol. The highest BCUT2D eigenvalue weighted by atomic mass is 35.5. The van der Waals surface area contributed by atoms with Crippen molar-refractivity contribution in [2.45, 2.75) is 44.4 Å². The van der Waals surface area contributed by atoms with E-state index in [2.05, 4.69) is 0 Å². The number of methoxy groups -OCH3 is 1. The quantitative estimate of drug-likeness (QED) is 0.892. The van der Waals surface area contributed by atoms with Gasteiger partial charge in [-0.1, -0.05) is 18.0 Å². The van der Waals surface area contributed by atoms with Gasteiger partial charge in [-0.25, -0.2) is 0 Å². The minimum atomic E-state index is -0.441. The van der Waals surface area contributed by atoms with Crippen molar-refractivity contribution in [2.24, 2.45) is 5.73 Å². The number of aliphatic hydroxyl groups excluding tert-OH is 1. The lowest BCUT2D eigenvalue weighted by Crippen LogP contribution is -2.34. The first-order valence-corrected chi connectivity index (χ1v) is 6.94. The van der Waals surface area contributed by atoms with Gasteiger partial charge in [-0.3, -0.25) is 0 Å². The standard InChI is InChI=1S/C14H20ClNO3/c1-18-13-7-9(8-16)6-10(15)14(13)19-12-5-3-2-4-11(12)17/h6-7,11-12,17H,2-5,8,16H2,1H3.